The molecule has 0 aromatic rings. The molecule has 1 unspecified atom stereocenters. The lowest BCUT2D eigenvalue weighted by Crippen LogP contribution is -2.03. The Morgan fingerprint density at radius 2 is 2.08 bits per heavy atom. The van der Waals surface area contributed by atoms with Gasteiger partial charge in [0.15, 0.2) is 0 Å². The van der Waals surface area contributed by atoms with Crippen molar-refractivity contribution in [2.75, 3.05) is 14.2 Å². The first kappa shape index (κ1) is 9.07. The first-order valence-corrected chi connectivity index (χ1v) is 3.92. The van der Waals surface area contributed by atoms with E-state index in [0.717, 1.165) is 11.3 Å². The summed E-state index contributed by atoms with van der Waals surface area (Å²) >= 11 is 0. The molecule has 66 valence electrons. The monoisotopic (exact) mass is 166 g/mol. The number of hydrogen-bond donors (Lipinski definition) is 0. The Morgan fingerprint density at radius 3 is 2.67 bits per heavy atom. The van der Waals surface area contributed by atoms with Crippen LogP contribution in [-0.2, 0) is 9.47 Å². The minimum Gasteiger partial charge on any atom is -0.497 e. The Balaban J connectivity index is 2.86. The van der Waals surface area contributed by atoms with E-state index in [2.05, 4.69) is 0 Å². The van der Waals surface area contributed by atoms with E-state index in [9.17, 15) is 0 Å². The maximum absolute atomic E-state index is 5.19. The zero-order valence-corrected chi connectivity index (χ0v) is 7.70. The van der Waals surface area contributed by atoms with Crippen molar-refractivity contribution < 1.29 is 9.47 Å². The number of hydrogen-bond acceptors (Lipinski definition) is 2. The molecule has 0 saturated heterocycles. The van der Waals surface area contributed by atoms with Crippen molar-refractivity contribution in [1.82, 2.24) is 0 Å². The number of allylic oxidation sites excluding steroid dienone is 3. The van der Waals surface area contributed by atoms with Crippen molar-refractivity contribution >= 4 is 0 Å². The third kappa shape index (κ3) is 1.98. The molecule has 0 fully saturated rings. The van der Waals surface area contributed by atoms with Gasteiger partial charge in [-0.1, -0.05) is 18.2 Å². The minimum absolute atomic E-state index is 0.0219. The van der Waals surface area contributed by atoms with Gasteiger partial charge in [-0.05, 0) is 18.6 Å². The Kier molecular flexibility index (Phi) is 3.11. The highest BCUT2D eigenvalue weighted by Gasteiger charge is 2.06. The van der Waals surface area contributed by atoms with Crippen molar-refractivity contribution in [2.45, 2.75) is 13.0 Å². The lowest BCUT2D eigenvalue weighted by molar-refractivity contribution is 0.172. The summed E-state index contributed by atoms with van der Waals surface area (Å²) in [6.45, 7) is 2.01. The first-order valence-electron chi connectivity index (χ1n) is 3.92. The van der Waals surface area contributed by atoms with Crippen molar-refractivity contribution in [1.29, 1.82) is 0 Å². The standard InChI is InChI=1S/C10H14O2/c1-8-5-4-6-9(11-2)7-10(8)12-3/h4-7,9H,1-3H3. The van der Waals surface area contributed by atoms with Crippen LogP contribution < -0.4 is 0 Å². The summed E-state index contributed by atoms with van der Waals surface area (Å²) in [6, 6.07) is 0. The first-order chi connectivity index (χ1) is 5.77. The summed E-state index contributed by atoms with van der Waals surface area (Å²) in [5, 5.41) is 0. The van der Waals surface area contributed by atoms with Gasteiger partial charge in [-0.15, -0.1) is 0 Å². The zero-order valence-electron chi connectivity index (χ0n) is 7.70. The minimum atomic E-state index is 0.0219. The highest BCUT2D eigenvalue weighted by Crippen LogP contribution is 2.15. The third-order valence-corrected chi connectivity index (χ3v) is 1.84. The van der Waals surface area contributed by atoms with E-state index in [1.165, 1.54) is 0 Å². The molecule has 0 aromatic heterocycles. The molecule has 0 aliphatic heterocycles. The molecular weight excluding hydrogens is 152 g/mol. The van der Waals surface area contributed by atoms with Crippen LogP contribution in [-0.4, -0.2) is 20.3 Å². The Bertz CT molecular complexity index is 236. The molecule has 12 heavy (non-hydrogen) atoms. The highest BCUT2D eigenvalue weighted by molar-refractivity contribution is 5.32. The van der Waals surface area contributed by atoms with Gasteiger partial charge >= 0.3 is 0 Å². The van der Waals surface area contributed by atoms with Crippen LogP contribution in [0.4, 0.5) is 0 Å². The summed E-state index contributed by atoms with van der Waals surface area (Å²) in [7, 11) is 3.35. The quantitative estimate of drug-likeness (QED) is 0.625. The second-order valence-corrected chi connectivity index (χ2v) is 2.67. The molecule has 2 heteroatoms. The van der Waals surface area contributed by atoms with Gasteiger partial charge in [0.05, 0.1) is 13.2 Å². The van der Waals surface area contributed by atoms with Crippen molar-refractivity contribution in [3.63, 3.8) is 0 Å². The Hall–Kier alpha value is -1.02. The second kappa shape index (κ2) is 4.12. The van der Waals surface area contributed by atoms with E-state index in [1.807, 2.05) is 31.2 Å². The molecule has 1 aliphatic rings. The molecule has 0 heterocycles. The molecule has 1 aliphatic carbocycles. The van der Waals surface area contributed by atoms with E-state index < -0.39 is 0 Å². The number of rotatable bonds is 2. The van der Waals surface area contributed by atoms with Gasteiger partial charge in [0.1, 0.15) is 5.76 Å². The lowest BCUT2D eigenvalue weighted by Gasteiger charge is -2.08. The van der Waals surface area contributed by atoms with Gasteiger partial charge in [-0.25, -0.2) is 0 Å². The maximum atomic E-state index is 5.19. The van der Waals surface area contributed by atoms with Crippen molar-refractivity contribution in [3.8, 4) is 0 Å². The summed E-state index contributed by atoms with van der Waals surface area (Å²) in [5.74, 6) is 0.881. The highest BCUT2D eigenvalue weighted by atomic mass is 16.5. The maximum Gasteiger partial charge on any atom is 0.120 e. The van der Waals surface area contributed by atoms with Crippen LogP contribution in [0.5, 0.6) is 0 Å². The van der Waals surface area contributed by atoms with Gasteiger partial charge < -0.3 is 9.47 Å². The van der Waals surface area contributed by atoms with Crippen LogP contribution in [0.1, 0.15) is 6.92 Å². The van der Waals surface area contributed by atoms with Crippen molar-refractivity contribution in [3.05, 3.63) is 35.6 Å². The SMILES string of the molecule is COC1=CC(OC)C=CC=C1C. The summed E-state index contributed by atoms with van der Waals surface area (Å²) in [5.41, 5.74) is 1.12. The average Bonchev–Trinajstić information content (AvgIpc) is 2.27. The molecule has 2 nitrogen and oxygen atoms in total. The lowest BCUT2D eigenvalue weighted by atomic mass is 10.2. The van der Waals surface area contributed by atoms with Gasteiger partial charge in [0, 0.05) is 7.11 Å². The zero-order chi connectivity index (χ0) is 8.97. The van der Waals surface area contributed by atoms with Gasteiger partial charge in [-0.2, -0.15) is 0 Å². The van der Waals surface area contributed by atoms with Gasteiger partial charge in [-0.3, -0.25) is 0 Å². The summed E-state index contributed by atoms with van der Waals surface area (Å²) in [4.78, 5) is 0. The van der Waals surface area contributed by atoms with E-state index in [1.54, 1.807) is 14.2 Å². The predicted molar refractivity (Wildman–Crippen MR) is 48.8 cm³/mol. The van der Waals surface area contributed by atoms with E-state index in [-0.39, 0.29) is 6.10 Å². The summed E-state index contributed by atoms with van der Waals surface area (Å²) < 4.78 is 10.4. The third-order valence-electron chi connectivity index (χ3n) is 1.84. The average molecular weight is 166 g/mol. The van der Waals surface area contributed by atoms with Gasteiger partial charge in [0.2, 0.25) is 0 Å². The van der Waals surface area contributed by atoms with Gasteiger partial charge in [0.25, 0.3) is 0 Å². The van der Waals surface area contributed by atoms with E-state index >= 15 is 0 Å². The molecule has 0 amide bonds. The second-order valence-electron chi connectivity index (χ2n) is 2.67. The fraction of sp³-hybridized carbons (Fsp3) is 0.400. The normalized spacial score (nSPS) is 22.8. The fourth-order valence-corrected chi connectivity index (χ4v) is 1.10. The Morgan fingerprint density at radius 1 is 1.33 bits per heavy atom. The number of methoxy groups -OCH3 is 2. The summed E-state index contributed by atoms with van der Waals surface area (Å²) in [6.07, 6.45) is 7.94. The van der Waals surface area contributed by atoms with E-state index in [0.29, 0.717) is 0 Å². The van der Waals surface area contributed by atoms with Crippen LogP contribution in [0.15, 0.2) is 35.6 Å². The molecule has 0 spiro atoms. The fourth-order valence-electron chi connectivity index (χ4n) is 1.10. The topological polar surface area (TPSA) is 18.5 Å². The van der Waals surface area contributed by atoms with Crippen molar-refractivity contribution in [2.24, 2.45) is 0 Å². The Labute approximate surface area is 73.2 Å². The largest absolute Gasteiger partial charge is 0.497 e. The molecule has 0 aromatic carbocycles. The molecule has 0 bridgehead atoms. The molecule has 0 saturated carbocycles. The van der Waals surface area contributed by atoms with Crippen LogP contribution >= 0.6 is 0 Å². The van der Waals surface area contributed by atoms with Crippen LogP contribution in [0, 0.1) is 0 Å². The molecule has 0 radical (unpaired) electrons. The van der Waals surface area contributed by atoms with Crippen LogP contribution in [0.25, 0.3) is 0 Å². The molecule has 1 atom stereocenters. The molecule has 1 rings (SSSR count). The van der Waals surface area contributed by atoms with E-state index in [4.69, 9.17) is 9.47 Å². The predicted octanol–water partition coefficient (Wildman–Crippen LogP) is 2.05. The molecular formula is C10H14O2. The van der Waals surface area contributed by atoms with Crippen LogP contribution in [0.2, 0.25) is 0 Å². The number of ether oxygens (including phenoxy) is 2. The smallest absolute Gasteiger partial charge is 0.120 e. The van der Waals surface area contributed by atoms with Crippen LogP contribution in [0.3, 0.4) is 0 Å². The molecule has 0 N–H and O–H groups in total.